The highest BCUT2D eigenvalue weighted by Crippen LogP contribution is 2.00. The van der Waals surface area contributed by atoms with E-state index >= 15 is 0 Å². The Bertz CT molecular complexity index is 205. The van der Waals surface area contributed by atoms with E-state index in [1.807, 2.05) is 12.3 Å². The molecule has 0 aliphatic heterocycles. The van der Waals surface area contributed by atoms with E-state index in [9.17, 15) is 0 Å². The molecule has 1 aromatic rings. The molecular formula is C6H7IN2. The number of allylic oxidation sites excluding steroid dienone is 1. The Hall–Kier alpha value is -0.320. The molecule has 0 saturated heterocycles. The van der Waals surface area contributed by atoms with Crippen molar-refractivity contribution < 1.29 is 0 Å². The SMILES string of the molecule is C=CCc1cnc(I)[nH]1. The highest BCUT2D eigenvalue weighted by molar-refractivity contribution is 14.1. The van der Waals surface area contributed by atoms with Gasteiger partial charge in [0.1, 0.15) is 0 Å². The summed E-state index contributed by atoms with van der Waals surface area (Å²) in [6.07, 6.45) is 4.54. The van der Waals surface area contributed by atoms with Gasteiger partial charge in [-0.05, 0) is 22.6 Å². The van der Waals surface area contributed by atoms with Gasteiger partial charge in [-0.15, -0.1) is 6.58 Å². The number of aromatic amines is 1. The van der Waals surface area contributed by atoms with Crippen molar-refractivity contribution in [1.29, 1.82) is 0 Å². The summed E-state index contributed by atoms with van der Waals surface area (Å²) < 4.78 is 0.935. The third kappa shape index (κ3) is 1.82. The predicted molar refractivity (Wildman–Crippen MR) is 45.2 cm³/mol. The molecule has 1 aromatic heterocycles. The first-order valence-corrected chi connectivity index (χ1v) is 3.71. The third-order valence-corrected chi connectivity index (χ3v) is 1.51. The number of nitrogens with one attached hydrogen (secondary N) is 1. The van der Waals surface area contributed by atoms with Gasteiger partial charge in [0.15, 0.2) is 3.83 Å². The molecule has 48 valence electrons. The van der Waals surface area contributed by atoms with Crippen molar-refractivity contribution in [3.8, 4) is 0 Å². The number of H-pyrrole nitrogens is 1. The highest BCUT2D eigenvalue weighted by atomic mass is 127. The van der Waals surface area contributed by atoms with Crippen LogP contribution in [0.1, 0.15) is 5.69 Å². The van der Waals surface area contributed by atoms with Crippen molar-refractivity contribution in [3.63, 3.8) is 0 Å². The van der Waals surface area contributed by atoms with E-state index < -0.39 is 0 Å². The lowest BCUT2D eigenvalue weighted by Crippen LogP contribution is -1.78. The summed E-state index contributed by atoms with van der Waals surface area (Å²) in [6.45, 7) is 3.61. The minimum absolute atomic E-state index is 0.871. The Kier molecular flexibility index (Phi) is 2.27. The Balaban J connectivity index is 2.72. The van der Waals surface area contributed by atoms with Crippen LogP contribution < -0.4 is 0 Å². The average Bonchev–Trinajstić information content (AvgIpc) is 2.17. The van der Waals surface area contributed by atoms with Crippen molar-refractivity contribution in [3.05, 3.63) is 28.4 Å². The van der Waals surface area contributed by atoms with Crippen molar-refractivity contribution in [2.75, 3.05) is 0 Å². The molecule has 0 saturated carbocycles. The normalized spacial score (nSPS) is 9.44. The Morgan fingerprint density at radius 2 is 2.67 bits per heavy atom. The van der Waals surface area contributed by atoms with Gasteiger partial charge in [-0.25, -0.2) is 4.98 Å². The molecule has 0 aliphatic rings. The predicted octanol–water partition coefficient (Wildman–Crippen LogP) is 1.74. The number of aromatic nitrogens is 2. The summed E-state index contributed by atoms with van der Waals surface area (Å²) in [5.74, 6) is 0. The molecular weight excluding hydrogens is 227 g/mol. The Labute approximate surface area is 67.5 Å². The fourth-order valence-corrected chi connectivity index (χ4v) is 1.08. The van der Waals surface area contributed by atoms with Crippen LogP contribution in [0.4, 0.5) is 0 Å². The Morgan fingerprint density at radius 3 is 3.11 bits per heavy atom. The number of nitrogens with zero attached hydrogens (tertiary/aromatic N) is 1. The van der Waals surface area contributed by atoms with Crippen LogP contribution in [0.25, 0.3) is 0 Å². The highest BCUT2D eigenvalue weighted by Gasteiger charge is 1.91. The summed E-state index contributed by atoms with van der Waals surface area (Å²) in [5, 5.41) is 0. The van der Waals surface area contributed by atoms with Gasteiger partial charge in [-0.2, -0.15) is 0 Å². The van der Waals surface area contributed by atoms with Crippen LogP contribution in [0, 0.1) is 3.83 Å². The van der Waals surface area contributed by atoms with Gasteiger partial charge in [0.25, 0.3) is 0 Å². The molecule has 0 bridgehead atoms. The van der Waals surface area contributed by atoms with Gasteiger partial charge in [-0.3, -0.25) is 0 Å². The first-order chi connectivity index (χ1) is 4.33. The first-order valence-electron chi connectivity index (χ1n) is 2.63. The molecule has 0 aromatic carbocycles. The van der Waals surface area contributed by atoms with Crippen LogP contribution in [0.15, 0.2) is 18.9 Å². The number of hydrogen-bond acceptors (Lipinski definition) is 1. The fourth-order valence-electron chi connectivity index (χ4n) is 0.591. The van der Waals surface area contributed by atoms with Crippen LogP contribution in [0.2, 0.25) is 0 Å². The minimum Gasteiger partial charge on any atom is -0.337 e. The average molecular weight is 234 g/mol. The molecule has 1 N–H and O–H groups in total. The molecule has 0 radical (unpaired) electrons. The molecule has 0 unspecified atom stereocenters. The van der Waals surface area contributed by atoms with Crippen LogP contribution in [-0.2, 0) is 6.42 Å². The van der Waals surface area contributed by atoms with Crippen molar-refractivity contribution in [2.45, 2.75) is 6.42 Å². The molecule has 1 heterocycles. The van der Waals surface area contributed by atoms with Gasteiger partial charge in [0.05, 0.1) is 0 Å². The number of hydrogen-bond donors (Lipinski definition) is 1. The summed E-state index contributed by atoms with van der Waals surface area (Å²) in [4.78, 5) is 7.10. The number of halogens is 1. The van der Waals surface area contributed by atoms with Crippen molar-refractivity contribution >= 4 is 22.6 Å². The molecule has 0 atom stereocenters. The molecule has 0 spiro atoms. The number of rotatable bonds is 2. The van der Waals surface area contributed by atoms with E-state index in [2.05, 4.69) is 39.1 Å². The minimum atomic E-state index is 0.871. The van der Waals surface area contributed by atoms with Crippen LogP contribution >= 0.6 is 22.6 Å². The van der Waals surface area contributed by atoms with E-state index in [0.29, 0.717) is 0 Å². The lowest BCUT2D eigenvalue weighted by Gasteiger charge is -1.83. The van der Waals surface area contributed by atoms with Gasteiger partial charge >= 0.3 is 0 Å². The first kappa shape index (κ1) is 6.80. The van der Waals surface area contributed by atoms with Gasteiger partial charge < -0.3 is 4.98 Å². The molecule has 0 fully saturated rings. The second-order valence-corrected chi connectivity index (χ2v) is 2.71. The van der Waals surface area contributed by atoms with Crippen molar-refractivity contribution in [2.24, 2.45) is 0 Å². The molecule has 3 heteroatoms. The third-order valence-electron chi connectivity index (χ3n) is 0.962. The Morgan fingerprint density at radius 1 is 1.89 bits per heavy atom. The molecule has 2 nitrogen and oxygen atoms in total. The molecule has 0 amide bonds. The topological polar surface area (TPSA) is 28.7 Å². The largest absolute Gasteiger partial charge is 0.337 e. The zero-order chi connectivity index (χ0) is 6.69. The zero-order valence-electron chi connectivity index (χ0n) is 4.89. The van der Waals surface area contributed by atoms with E-state index in [1.165, 1.54) is 0 Å². The van der Waals surface area contributed by atoms with E-state index in [1.54, 1.807) is 0 Å². The van der Waals surface area contributed by atoms with Crippen LogP contribution in [0.5, 0.6) is 0 Å². The standard InChI is InChI=1S/C6H7IN2/c1-2-3-5-4-8-6(7)9-5/h2,4H,1,3H2,(H,8,9). The number of imidazole rings is 1. The zero-order valence-corrected chi connectivity index (χ0v) is 7.05. The van der Waals surface area contributed by atoms with E-state index in [-0.39, 0.29) is 0 Å². The summed E-state index contributed by atoms with van der Waals surface area (Å²) >= 11 is 2.14. The summed E-state index contributed by atoms with van der Waals surface area (Å²) in [5.41, 5.74) is 1.12. The van der Waals surface area contributed by atoms with Gasteiger partial charge in [-0.1, -0.05) is 6.08 Å². The molecule has 1 rings (SSSR count). The van der Waals surface area contributed by atoms with Crippen LogP contribution in [-0.4, -0.2) is 9.97 Å². The van der Waals surface area contributed by atoms with E-state index in [4.69, 9.17) is 0 Å². The monoisotopic (exact) mass is 234 g/mol. The van der Waals surface area contributed by atoms with Gasteiger partial charge in [0, 0.05) is 18.3 Å². The lowest BCUT2D eigenvalue weighted by molar-refractivity contribution is 1.13. The second-order valence-electron chi connectivity index (χ2n) is 1.69. The molecule has 9 heavy (non-hydrogen) atoms. The maximum Gasteiger partial charge on any atom is 0.168 e. The lowest BCUT2D eigenvalue weighted by atomic mass is 10.3. The van der Waals surface area contributed by atoms with E-state index in [0.717, 1.165) is 15.9 Å². The summed E-state index contributed by atoms with van der Waals surface area (Å²) in [7, 11) is 0. The smallest absolute Gasteiger partial charge is 0.168 e. The maximum atomic E-state index is 4.02. The van der Waals surface area contributed by atoms with Crippen LogP contribution in [0.3, 0.4) is 0 Å². The van der Waals surface area contributed by atoms with Crippen molar-refractivity contribution in [1.82, 2.24) is 9.97 Å². The second kappa shape index (κ2) is 3.00. The maximum absolute atomic E-state index is 4.02. The summed E-state index contributed by atoms with van der Waals surface area (Å²) in [6, 6.07) is 0. The molecule has 0 aliphatic carbocycles. The quantitative estimate of drug-likeness (QED) is 0.612. The fraction of sp³-hybridized carbons (Fsp3) is 0.167. The van der Waals surface area contributed by atoms with Gasteiger partial charge in [0.2, 0.25) is 0 Å².